The van der Waals surface area contributed by atoms with Crippen LogP contribution >= 0.6 is 11.6 Å². The molecule has 120 valence electrons. The van der Waals surface area contributed by atoms with Gasteiger partial charge in [0.05, 0.1) is 31.9 Å². The molecule has 0 amide bonds. The third-order valence-corrected chi connectivity index (χ3v) is 6.79. The van der Waals surface area contributed by atoms with Crippen LogP contribution in [0.25, 0.3) is 11.4 Å². The third-order valence-electron chi connectivity index (χ3n) is 4.01. The first-order chi connectivity index (χ1) is 11.1. The van der Waals surface area contributed by atoms with Crippen LogP contribution < -0.4 is 5.43 Å². The number of halogens is 1. The van der Waals surface area contributed by atoms with Gasteiger partial charge in [0.15, 0.2) is 16.9 Å². The van der Waals surface area contributed by atoms with Gasteiger partial charge in [0.25, 0.3) is 5.03 Å². The molecule has 1 unspecified atom stereocenters. The van der Waals surface area contributed by atoms with Crippen LogP contribution in [0.1, 0.15) is 10.4 Å². The van der Waals surface area contributed by atoms with Crippen molar-refractivity contribution in [3.63, 3.8) is 0 Å². The van der Waals surface area contributed by atoms with Crippen LogP contribution in [-0.2, 0) is 21.7 Å². The lowest BCUT2D eigenvalue weighted by atomic mass is 10.1. The average Bonchev–Trinajstić information content (AvgIpc) is 2.49. The van der Waals surface area contributed by atoms with E-state index in [0.29, 0.717) is 29.9 Å². The second-order valence-electron chi connectivity index (χ2n) is 5.30. The number of ether oxygens (including phenoxy) is 1. The number of nitrogens with zero attached hydrogens (tertiary/aromatic N) is 3. The molecule has 0 aliphatic carbocycles. The first-order valence-corrected chi connectivity index (χ1v) is 8.80. The number of pyridine rings is 2. The fourth-order valence-corrected chi connectivity index (χ4v) is 5.43. The number of morpholine rings is 1. The van der Waals surface area contributed by atoms with Crippen LogP contribution in [0.15, 0.2) is 22.1 Å². The summed E-state index contributed by atoms with van der Waals surface area (Å²) in [7, 11) is 0. The Labute approximate surface area is 139 Å². The summed E-state index contributed by atoms with van der Waals surface area (Å²) < 4.78 is 9.61. The molecule has 1 saturated heterocycles. The molecule has 4 rings (SSSR count). The molecule has 0 aromatic heterocycles. The molecule has 0 radical (unpaired) electrons. The van der Waals surface area contributed by atoms with Gasteiger partial charge in [0.2, 0.25) is 11.3 Å². The highest BCUT2D eigenvalue weighted by molar-refractivity contribution is 7.94. The van der Waals surface area contributed by atoms with E-state index in [1.54, 1.807) is 6.07 Å². The van der Waals surface area contributed by atoms with Crippen molar-refractivity contribution in [3.8, 4) is 11.4 Å². The minimum Gasteiger partial charge on any atom is -0.477 e. The summed E-state index contributed by atoms with van der Waals surface area (Å²) in [5, 5.41) is 10.5. The zero-order chi connectivity index (χ0) is 16.1. The largest absolute Gasteiger partial charge is 0.477 e. The van der Waals surface area contributed by atoms with E-state index in [9.17, 15) is 9.59 Å². The molecule has 0 saturated carbocycles. The summed E-state index contributed by atoms with van der Waals surface area (Å²) in [5.74, 6) is -0.0664. The fraction of sp³-hybridized carbons (Fsp3) is 0.357. The molecule has 0 spiro atoms. The Morgan fingerprint density at radius 3 is 2.83 bits per heavy atom. The molecule has 4 aliphatic rings. The van der Waals surface area contributed by atoms with Crippen LogP contribution in [0, 0.1) is 0 Å². The molecule has 1 N–H and O–H groups in total. The van der Waals surface area contributed by atoms with Crippen molar-refractivity contribution in [2.75, 3.05) is 26.3 Å². The Balaban J connectivity index is 1.81. The monoisotopic (exact) mass is 354 g/mol. The molecule has 4 aliphatic heterocycles. The zero-order valence-corrected chi connectivity index (χ0v) is 13.6. The zero-order valence-electron chi connectivity index (χ0n) is 12.0. The van der Waals surface area contributed by atoms with Gasteiger partial charge in [-0.25, -0.2) is 14.3 Å². The van der Waals surface area contributed by atoms with Crippen molar-refractivity contribution in [3.05, 3.63) is 33.1 Å². The maximum Gasteiger partial charge on any atom is 0.341 e. The molecular weight excluding hydrogens is 342 g/mol. The van der Waals surface area contributed by atoms with Crippen LogP contribution in [0.3, 0.4) is 0 Å². The molecule has 9 heteroatoms. The summed E-state index contributed by atoms with van der Waals surface area (Å²) in [6.07, 6.45) is 1.12. The van der Waals surface area contributed by atoms with Crippen molar-refractivity contribution >= 4 is 28.7 Å². The number of hydrogen-bond donors (Lipinski definition) is 1. The Morgan fingerprint density at radius 1 is 1.39 bits per heavy atom. The molecule has 0 aromatic rings. The molecule has 4 heterocycles. The highest BCUT2D eigenvalue weighted by atomic mass is 35.5. The number of carboxylic acids is 1. The van der Waals surface area contributed by atoms with Crippen LogP contribution in [-0.4, -0.2) is 51.2 Å². The van der Waals surface area contributed by atoms with Gasteiger partial charge in [-0.15, -0.1) is 4.31 Å². The van der Waals surface area contributed by atoms with Gasteiger partial charge in [0.1, 0.15) is 10.6 Å². The number of aromatic nitrogens is 2. The van der Waals surface area contributed by atoms with Gasteiger partial charge < -0.3 is 9.84 Å². The number of fused-ring (bicyclic) bond motifs is 3. The lowest BCUT2D eigenvalue weighted by Crippen LogP contribution is -2.48. The summed E-state index contributed by atoms with van der Waals surface area (Å²) in [6, 6.07) is 1.55. The van der Waals surface area contributed by atoms with E-state index < -0.39 is 11.4 Å². The topological polar surface area (TPSA) is 84.7 Å². The highest BCUT2D eigenvalue weighted by Gasteiger charge is 2.48. The van der Waals surface area contributed by atoms with E-state index >= 15 is 0 Å². The second-order valence-corrected chi connectivity index (χ2v) is 7.60. The number of carbonyl (C=O) groups is 1. The minimum absolute atomic E-state index is 0.120. The SMILES string of the molecule is O=C(O)c1cnc2n3c(c(Cl)cc-2c1=O)[S+](N1CCOCC1)C3. The van der Waals surface area contributed by atoms with Crippen molar-refractivity contribution < 1.29 is 14.6 Å². The van der Waals surface area contributed by atoms with Gasteiger partial charge in [-0.05, 0) is 6.07 Å². The van der Waals surface area contributed by atoms with E-state index in [1.807, 2.05) is 4.57 Å². The van der Waals surface area contributed by atoms with Crippen LogP contribution in [0.4, 0.5) is 0 Å². The molecule has 0 aromatic carbocycles. The van der Waals surface area contributed by atoms with Gasteiger partial charge in [-0.3, -0.25) is 4.79 Å². The fourth-order valence-electron chi connectivity index (χ4n) is 2.86. The molecule has 1 atom stereocenters. The van der Waals surface area contributed by atoms with Crippen molar-refractivity contribution in [1.29, 1.82) is 0 Å². The summed E-state index contributed by atoms with van der Waals surface area (Å²) >= 11 is 6.26. The number of carboxylic acid groups (broad SMARTS) is 1. The van der Waals surface area contributed by atoms with Gasteiger partial charge in [-0.2, -0.15) is 0 Å². The predicted octanol–water partition coefficient (Wildman–Crippen LogP) is 0.895. The lowest BCUT2D eigenvalue weighted by Gasteiger charge is -2.33. The Kier molecular flexibility index (Phi) is 3.56. The summed E-state index contributed by atoms with van der Waals surface area (Å²) in [5.41, 5.74) is -0.623. The Hall–Kier alpha value is -1.61. The van der Waals surface area contributed by atoms with Crippen molar-refractivity contribution in [1.82, 2.24) is 13.9 Å². The first-order valence-electron chi connectivity index (χ1n) is 7.07. The standard InChI is InChI=1S/C14H12ClN3O4S/c15-10-5-8-11(19)9(14(20)21)6-16-12(8)18-7-23(13(10)18)17-1-3-22-4-2-17/h5-6H,1-4,7H2/p+1. The maximum absolute atomic E-state index is 12.3. The Bertz CT molecular complexity index is 834. The van der Waals surface area contributed by atoms with Crippen molar-refractivity contribution in [2.24, 2.45) is 0 Å². The predicted molar refractivity (Wildman–Crippen MR) is 85.1 cm³/mol. The Morgan fingerprint density at radius 2 is 2.13 bits per heavy atom. The molecule has 1 fully saturated rings. The molecule has 7 nitrogen and oxygen atoms in total. The van der Waals surface area contributed by atoms with Gasteiger partial charge in [0, 0.05) is 6.20 Å². The third kappa shape index (κ3) is 2.25. The number of rotatable bonds is 2. The smallest absolute Gasteiger partial charge is 0.341 e. The van der Waals surface area contributed by atoms with E-state index in [1.165, 1.54) is 0 Å². The summed E-state index contributed by atoms with van der Waals surface area (Å²) in [4.78, 5) is 27.5. The molecule has 23 heavy (non-hydrogen) atoms. The van der Waals surface area contributed by atoms with Crippen LogP contribution in [0.5, 0.6) is 0 Å². The second kappa shape index (κ2) is 5.48. The first kappa shape index (κ1) is 14.9. The average molecular weight is 355 g/mol. The quantitative estimate of drug-likeness (QED) is 0.806. The van der Waals surface area contributed by atoms with E-state index in [-0.39, 0.29) is 22.2 Å². The highest BCUT2D eigenvalue weighted by Crippen LogP contribution is 2.40. The normalized spacial score (nSPS) is 21.0. The lowest BCUT2D eigenvalue weighted by molar-refractivity contribution is 0.0695. The molecule has 0 bridgehead atoms. The molecular formula is C14H13ClN3O4S+. The van der Waals surface area contributed by atoms with Gasteiger partial charge in [-0.1, -0.05) is 11.6 Å². The van der Waals surface area contributed by atoms with E-state index in [4.69, 9.17) is 21.4 Å². The minimum atomic E-state index is -1.28. The maximum atomic E-state index is 12.3. The van der Waals surface area contributed by atoms with Gasteiger partial charge >= 0.3 is 5.97 Å². The van der Waals surface area contributed by atoms with Crippen LogP contribution in [0.2, 0.25) is 5.02 Å². The number of hydrogen-bond acceptors (Lipinski definition) is 5. The number of aromatic carboxylic acids is 1. The van der Waals surface area contributed by atoms with E-state index in [2.05, 4.69) is 9.29 Å². The van der Waals surface area contributed by atoms with E-state index in [0.717, 1.165) is 24.3 Å². The van der Waals surface area contributed by atoms with Crippen molar-refractivity contribution in [2.45, 2.75) is 10.9 Å². The summed E-state index contributed by atoms with van der Waals surface area (Å²) in [6.45, 7) is 3.13.